The van der Waals surface area contributed by atoms with Crippen LogP contribution in [0.5, 0.6) is 0 Å². The fraction of sp³-hybridized carbons (Fsp3) is 0.385. The van der Waals surface area contributed by atoms with Crippen molar-refractivity contribution in [1.29, 1.82) is 0 Å². The fourth-order valence-electron chi connectivity index (χ4n) is 3.87. The number of aryl methyl sites for hydroxylation is 1. The second-order valence-corrected chi connectivity index (χ2v) is 9.95. The second kappa shape index (κ2) is 9.33. The van der Waals surface area contributed by atoms with E-state index in [1.54, 1.807) is 46.8 Å². The first-order chi connectivity index (χ1) is 16.9. The Morgan fingerprint density at radius 2 is 1.86 bits per heavy atom. The summed E-state index contributed by atoms with van der Waals surface area (Å²) in [5.74, 6) is -1.23. The third kappa shape index (κ3) is 5.37. The van der Waals surface area contributed by atoms with Gasteiger partial charge in [-0.05, 0) is 70.7 Å². The van der Waals surface area contributed by atoms with Gasteiger partial charge in [-0.1, -0.05) is 29.4 Å². The van der Waals surface area contributed by atoms with E-state index in [0.717, 1.165) is 0 Å². The molecule has 2 amide bonds. The van der Waals surface area contributed by atoms with Crippen LogP contribution in [0, 0.1) is 18.6 Å². The topological polar surface area (TPSA) is 106 Å². The van der Waals surface area contributed by atoms with E-state index >= 15 is 4.39 Å². The molecule has 1 aliphatic carbocycles. The van der Waals surface area contributed by atoms with Crippen LogP contribution in [0.3, 0.4) is 0 Å². The van der Waals surface area contributed by atoms with Gasteiger partial charge in [0.15, 0.2) is 5.82 Å². The van der Waals surface area contributed by atoms with Gasteiger partial charge in [-0.2, -0.15) is 4.98 Å². The van der Waals surface area contributed by atoms with E-state index in [1.807, 2.05) is 0 Å². The minimum atomic E-state index is -1.06. The molecule has 1 aromatic heterocycles. The minimum absolute atomic E-state index is 0.00191. The Kier molecular flexibility index (Phi) is 6.55. The number of benzene rings is 2. The predicted octanol–water partition coefficient (Wildman–Crippen LogP) is 5.22. The van der Waals surface area contributed by atoms with Crippen molar-refractivity contribution in [3.8, 4) is 22.6 Å². The molecular formula is C26H28F2N4O4. The van der Waals surface area contributed by atoms with E-state index in [0.29, 0.717) is 29.8 Å². The molecule has 1 saturated carbocycles. The van der Waals surface area contributed by atoms with Gasteiger partial charge in [-0.3, -0.25) is 4.79 Å². The molecule has 0 saturated heterocycles. The van der Waals surface area contributed by atoms with Crippen LogP contribution in [-0.4, -0.2) is 33.3 Å². The summed E-state index contributed by atoms with van der Waals surface area (Å²) in [6, 6.07) is 8.16. The Morgan fingerprint density at radius 1 is 1.14 bits per heavy atom. The van der Waals surface area contributed by atoms with Gasteiger partial charge in [-0.25, -0.2) is 13.6 Å². The average molecular weight is 499 g/mol. The van der Waals surface area contributed by atoms with Gasteiger partial charge in [0.2, 0.25) is 5.91 Å². The number of nitrogens with zero attached hydrogens (tertiary/aromatic N) is 2. The SMILES string of the molecule is Cc1noc(-c2c(F)cccc2-c2ccc([C@@H](C)NC(=O)C3(NC(=O)OC(C)(C)C)CC3)c(F)c2)n1. The summed E-state index contributed by atoms with van der Waals surface area (Å²) in [4.78, 5) is 29.1. The van der Waals surface area contributed by atoms with E-state index in [9.17, 15) is 14.0 Å². The summed E-state index contributed by atoms with van der Waals surface area (Å²) in [6.07, 6.45) is 0.244. The molecule has 10 heteroatoms. The zero-order chi connectivity index (χ0) is 26.3. The maximum Gasteiger partial charge on any atom is 0.408 e. The fourth-order valence-corrected chi connectivity index (χ4v) is 3.87. The first-order valence-electron chi connectivity index (χ1n) is 11.6. The van der Waals surface area contributed by atoms with Crippen molar-refractivity contribution in [2.75, 3.05) is 0 Å². The number of alkyl carbamates (subject to hydrolysis) is 1. The van der Waals surface area contributed by atoms with E-state index < -0.39 is 40.8 Å². The summed E-state index contributed by atoms with van der Waals surface area (Å²) < 4.78 is 40.3. The molecule has 2 N–H and O–H groups in total. The summed E-state index contributed by atoms with van der Waals surface area (Å²) >= 11 is 0. The van der Waals surface area contributed by atoms with Gasteiger partial charge >= 0.3 is 6.09 Å². The van der Waals surface area contributed by atoms with Crippen LogP contribution in [0.25, 0.3) is 22.6 Å². The molecule has 4 rings (SSSR count). The first-order valence-corrected chi connectivity index (χ1v) is 11.6. The van der Waals surface area contributed by atoms with Crippen molar-refractivity contribution in [2.24, 2.45) is 0 Å². The van der Waals surface area contributed by atoms with Gasteiger partial charge < -0.3 is 19.9 Å². The third-order valence-electron chi connectivity index (χ3n) is 5.81. The second-order valence-electron chi connectivity index (χ2n) is 9.95. The number of carbonyl (C=O) groups is 2. The zero-order valence-electron chi connectivity index (χ0n) is 20.7. The number of rotatable bonds is 6. The van der Waals surface area contributed by atoms with E-state index in [-0.39, 0.29) is 17.0 Å². The molecule has 3 aromatic rings. The van der Waals surface area contributed by atoms with Crippen LogP contribution >= 0.6 is 0 Å². The van der Waals surface area contributed by atoms with Gasteiger partial charge in [0.05, 0.1) is 11.6 Å². The van der Waals surface area contributed by atoms with Crippen LogP contribution in [0.1, 0.15) is 58.0 Å². The molecule has 0 unspecified atom stereocenters. The molecule has 0 spiro atoms. The number of hydrogen-bond acceptors (Lipinski definition) is 6. The molecule has 36 heavy (non-hydrogen) atoms. The largest absolute Gasteiger partial charge is 0.444 e. The molecule has 2 aromatic carbocycles. The highest BCUT2D eigenvalue weighted by Gasteiger charge is 2.52. The normalized spacial score (nSPS) is 15.2. The van der Waals surface area contributed by atoms with Crippen molar-refractivity contribution in [3.63, 3.8) is 0 Å². The molecule has 0 bridgehead atoms. The summed E-state index contributed by atoms with van der Waals surface area (Å²) in [7, 11) is 0. The van der Waals surface area contributed by atoms with Crippen molar-refractivity contribution in [2.45, 2.75) is 64.6 Å². The highest BCUT2D eigenvalue weighted by atomic mass is 19.1. The van der Waals surface area contributed by atoms with Crippen LogP contribution in [-0.2, 0) is 9.53 Å². The average Bonchev–Trinajstić information content (AvgIpc) is 3.43. The van der Waals surface area contributed by atoms with E-state index in [1.165, 1.54) is 24.3 Å². The Morgan fingerprint density at radius 3 is 2.44 bits per heavy atom. The summed E-state index contributed by atoms with van der Waals surface area (Å²) in [5, 5.41) is 9.12. The van der Waals surface area contributed by atoms with Crippen molar-refractivity contribution in [1.82, 2.24) is 20.8 Å². The van der Waals surface area contributed by atoms with E-state index in [4.69, 9.17) is 9.26 Å². The smallest absolute Gasteiger partial charge is 0.408 e. The summed E-state index contributed by atoms with van der Waals surface area (Å²) in [6.45, 7) is 8.46. The van der Waals surface area contributed by atoms with Gasteiger partial charge in [-0.15, -0.1) is 0 Å². The molecule has 0 aliphatic heterocycles. The zero-order valence-corrected chi connectivity index (χ0v) is 20.7. The van der Waals surface area contributed by atoms with Gasteiger partial charge in [0, 0.05) is 5.56 Å². The number of ether oxygens (including phenoxy) is 1. The Hall–Kier alpha value is -3.82. The van der Waals surface area contributed by atoms with Crippen molar-refractivity contribution >= 4 is 12.0 Å². The Balaban J connectivity index is 1.52. The Bertz CT molecular complexity index is 1310. The predicted molar refractivity (Wildman–Crippen MR) is 128 cm³/mol. The van der Waals surface area contributed by atoms with Crippen LogP contribution < -0.4 is 10.6 Å². The number of amides is 2. The summed E-state index contributed by atoms with van der Waals surface area (Å²) in [5.41, 5.74) is -0.642. The molecule has 8 nitrogen and oxygen atoms in total. The molecule has 0 radical (unpaired) electrons. The van der Waals surface area contributed by atoms with Gasteiger partial charge in [0.1, 0.15) is 22.8 Å². The van der Waals surface area contributed by atoms with Crippen LogP contribution in [0.4, 0.5) is 13.6 Å². The van der Waals surface area contributed by atoms with Crippen molar-refractivity contribution in [3.05, 3.63) is 59.4 Å². The van der Waals surface area contributed by atoms with E-state index in [2.05, 4.69) is 20.8 Å². The number of halogens is 2. The highest BCUT2D eigenvalue weighted by molar-refractivity contribution is 5.93. The lowest BCUT2D eigenvalue weighted by Gasteiger charge is -2.24. The monoisotopic (exact) mass is 498 g/mol. The number of nitrogens with one attached hydrogen (secondary N) is 2. The number of hydrogen-bond donors (Lipinski definition) is 2. The molecule has 1 atom stereocenters. The highest BCUT2D eigenvalue weighted by Crippen LogP contribution is 2.37. The molecular weight excluding hydrogens is 470 g/mol. The number of carbonyl (C=O) groups excluding carboxylic acids is 2. The van der Waals surface area contributed by atoms with Crippen LogP contribution in [0.2, 0.25) is 0 Å². The quantitative estimate of drug-likeness (QED) is 0.482. The minimum Gasteiger partial charge on any atom is -0.444 e. The first kappa shape index (κ1) is 25.3. The maximum atomic E-state index is 15.2. The third-order valence-corrected chi connectivity index (χ3v) is 5.81. The van der Waals surface area contributed by atoms with Gasteiger partial charge in [0.25, 0.3) is 5.89 Å². The molecule has 1 heterocycles. The maximum absolute atomic E-state index is 15.2. The lowest BCUT2D eigenvalue weighted by molar-refractivity contribution is -0.124. The lowest BCUT2D eigenvalue weighted by atomic mass is 9.96. The molecule has 1 fully saturated rings. The lowest BCUT2D eigenvalue weighted by Crippen LogP contribution is -2.50. The van der Waals surface area contributed by atoms with Crippen molar-refractivity contribution < 1.29 is 27.6 Å². The molecule has 190 valence electrons. The standard InChI is InChI=1S/C26H28F2N4O4/c1-14(29-23(33)26(11-12-26)31-24(34)35-25(3,4)5)17-10-9-16(13-20(17)28)18-7-6-8-19(27)21(18)22-30-15(2)32-36-22/h6-10,13-14H,11-12H2,1-5H3,(H,29,33)(H,31,34)/t14-/m1/s1. The molecule has 1 aliphatic rings. The number of aromatic nitrogens is 2. The Labute approximate surface area is 207 Å². The van der Waals surface area contributed by atoms with Crippen LogP contribution in [0.15, 0.2) is 40.9 Å².